The fourth-order valence-electron chi connectivity index (χ4n) is 4.30. The van der Waals surface area contributed by atoms with E-state index in [4.69, 9.17) is 5.73 Å². The molecular weight excluding hydrogens is 463 g/mol. The minimum absolute atomic E-state index is 0.0678. The molecule has 0 unspecified atom stereocenters. The number of rotatable bonds is 3. The number of benzene rings is 2. The third-order valence-corrected chi connectivity index (χ3v) is 5.85. The van der Waals surface area contributed by atoms with E-state index >= 15 is 0 Å². The van der Waals surface area contributed by atoms with Crippen LogP contribution in [-0.2, 0) is 25.7 Å². The van der Waals surface area contributed by atoms with Gasteiger partial charge in [0.25, 0.3) is 0 Å². The number of alkyl halides is 5. The SMILES string of the molecule is Nc1nc2c3c(ccc2c2nc(CCN4Cc5ccc(C(F)(F)F)cc5C4)nn12)OC(F)(F)O3. The number of fused-ring (bicyclic) bond motifs is 6. The highest BCUT2D eigenvalue weighted by molar-refractivity contribution is 5.97. The minimum Gasteiger partial charge on any atom is -0.395 e. The van der Waals surface area contributed by atoms with Gasteiger partial charge in [-0.25, -0.2) is 9.97 Å². The summed E-state index contributed by atoms with van der Waals surface area (Å²) in [5, 5.41) is 4.77. The van der Waals surface area contributed by atoms with Crippen molar-refractivity contribution in [2.75, 3.05) is 12.3 Å². The van der Waals surface area contributed by atoms with Crippen molar-refractivity contribution in [2.24, 2.45) is 0 Å². The summed E-state index contributed by atoms with van der Waals surface area (Å²) >= 11 is 0. The Morgan fingerprint density at radius 3 is 2.62 bits per heavy atom. The molecule has 6 rings (SSSR count). The monoisotopic (exact) mass is 478 g/mol. The number of hydrogen-bond acceptors (Lipinski definition) is 7. The first kappa shape index (κ1) is 20.8. The Morgan fingerprint density at radius 1 is 1.03 bits per heavy atom. The zero-order chi connectivity index (χ0) is 23.8. The zero-order valence-corrected chi connectivity index (χ0v) is 17.2. The van der Waals surface area contributed by atoms with E-state index in [-0.39, 0.29) is 23.0 Å². The average molecular weight is 478 g/mol. The third kappa shape index (κ3) is 3.34. The normalized spacial score (nSPS) is 17.1. The molecule has 0 bridgehead atoms. The van der Waals surface area contributed by atoms with Crippen LogP contribution < -0.4 is 15.2 Å². The van der Waals surface area contributed by atoms with Gasteiger partial charge in [0, 0.05) is 31.4 Å². The van der Waals surface area contributed by atoms with Gasteiger partial charge in [-0.1, -0.05) is 6.07 Å². The van der Waals surface area contributed by atoms with Gasteiger partial charge < -0.3 is 15.2 Å². The predicted molar refractivity (Wildman–Crippen MR) is 108 cm³/mol. The maximum absolute atomic E-state index is 13.5. The van der Waals surface area contributed by atoms with E-state index in [1.54, 1.807) is 0 Å². The Balaban J connectivity index is 1.25. The van der Waals surface area contributed by atoms with Gasteiger partial charge in [-0.15, -0.1) is 13.9 Å². The quantitative estimate of drug-likeness (QED) is 0.449. The summed E-state index contributed by atoms with van der Waals surface area (Å²) in [7, 11) is 0. The van der Waals surface area contributed by atoms with Gasteiger partial charge in [0.15, 0.2) is 23.0 Å². The first-order valence-corrected chi connectivity index (χ1v) is 10.2. The minimum atomic E-state index is -4.38. The van der Waals surface area contributed by atoms with Crippen molar-refractivity contribution in [3.63, 3.8) is 0 Å². The van der Waals surface area contributed by atoms with E-state index in [1.807, 2.05) is 4.90 Å². The topological polar surface area (TPSA) is 90.8 Å². The lowest BCUT2D eigenvalue weighted by molar-refractivity contribution is -0.286. The molecule has 2 aliphatic heterocycles. The molecule has 0 amide bonds. The second-order valence-corrected chi connectivity index (χ2v) is 8.13. The number of nitrogen functional groups attached to an aromatic ring is 1. The van der Waals surface area contributed by atoms with Crippen molar-refractivity contribution in [1.29, 1.82) is 0 Å². The molecule has 4 aromatic rings. The van der Waals surface area contributed by atoms with E-state index in [0.717, 1.165) is 11.6 Å². The lowest BCUT2D eigenvalue weighted by Crippen LogP contribution is -2.26. The number of nitrogens with zero attached hydrogens (tertiary/aromatic N) is 5. The van der Waals surface area contributed by atoms with Crippen molar-refractivity contribution in [1.82, 2.24) is 24.5 Å². The molecular formula is C21H15F5N6O2. The van der Waals surface area contributed by atoms with Gasteiger partial charge in [0.05, 0.1) is 5.56 Å². The summed E-state index contributed by atoms with van der Waals surface area (Å²) in [5.41, 5.74) is 7.21. The Hall–Kier alpha value is -3.74. The Labute approximate surface area is 187 Å². The van der Waals surface area contributed by atoms with Gasteiger partial charge in [-0.3, -0.25) is 4.90 Å². The van der Waals surface area contributed by atoms with Crippen LogP contribution in [0.15, 0.2) is 30.3 Å². The predicted octanol–water partition coefficient (Wildman–Crippen LogP) is 3.76. The standard InChI is InChI=1S/C21H15F5N6O2/c22-20(23,24)12-2-1-10-8-31(9-11(10)7-12)6-5-15-28-18-13-3-4-14-17(34-21(25,26)33-14)16(13)29-19(27)32(18)30-15/h1-4,7H,5-6,8-9H2,(H2,27,29). The molecule has 2 N–H and O–H groups in total. The van der Waals surface area contributed by atoms with Crippen molar-refractivity contribution in [2.45, 2.75) is 32.0 Å². The van der Waals surface area contributed by atoms with Crippen molar-refractivity contribution in [3.8, 4) is 11.5 Å². The second kappa shape index (κ2) is 6.88. The van der Waals surface area contributed by atoms with Crippen LogP contribution in [0.1, 0.15) is 22.5 Å². The number of hydrogen-bond donors (Lipinski definition) is 1. The van der Waals surface area contributed by atoms with Crippen LogP contribution in [0.3, 0.4) is 0 Å². The summed E-state index contributed by atoms with van der Waals surface area (Å²) in [4.78, 5) is 10.6. The highest BCUT2D eigenvalue weighted by Crippen LogP contribution is 2.45. The molecule has 0 saturated carbocycles. The molecule has 8 nitrogen and oxygen atoms in total. The largest absolute Gasteiger partial charge is 0.586 e. The lowest BCUT2D eigenvalue weighted by Gasteiger charge is -2.12. The molecule has 0 atom stereocenters. The van der Waals surface area contributed by atoms with Crippen LogP contribution in [0.25, 0.3) is 16.6 Å². The smallest absolute Gasteiger partial charge is 0.395 e. The van der Waals surface area contributed by atoms with E-state index in [9.17, 15) is 22.0 Å². The van der Waals surface area contributed by atoms with E-state index in [2.05, 4.69) is 24.5 Å². The van der Waals surface area contributed by atoms with Crippen LogP contribution in [0.4, 0.5) is 27.9 Å². The Bertz CT molecular complexity index is 1470. The van der Waals surface area contributed by atoms with Crippen LogP contribution in [-0.4, -0.2) is 37.3 Å². The van der Waals surface area contributed by atoms with E-state index < -0.39 is 18.0 Å². The van der Waals surface area contributed by atoms with Gasteiger partial charge in [-0.2, -0.15) is 17.7 Å². The third-order valence-electron chi connectivity index (χ3n) is 5.85. The lowest BCUT2D eigenvalue weighted by atomic mass is 10.1. The maximum Gasteiger partial charge on any atom is 0.586 e. The molecule has 4 heterocycles. The highest BCUT2D eigenvalue weighted by atomic mass is 19.4. The number of nitrogens with two attached hydrogens (primary N) is 1. The molecule has 13 heteroatoms. The van der Waals surface area contributed by atoms with Crippen LogP contribution in [0.2, 0.25) is 0 Å². The van der Waals surface area contributed by atoms with Crippen molar-refractivity contribution in [3.05, 3.63) is 52.8 Å². The summed E-state index contributed by atoms with van der Waals surface area (Å²) < 4.78 is 76.3. The van der Waals surface area contributed by atoms with Gasteiger partial charge >= 0.3 is 12.5 Å². The molecule has 0 radical (unpaired) electrons. The number of halogens is 5. The number of ether oxygens (including phenoxy) is 2. The Kier molecular flexibility index (Phi) is 4.22. The van der Waals surface area contributed by atoms with Gasteiger partial charge in [-0.05, 0) is 35.4 Å². The van der Waals surface area contributed by atoms with E-state index in [0.29, 0.717) is 48.5 Å². The second-order valence-electron chi connectivity index (χ2n) is 8.13. The number of anilines is 1. The fraction of sp³-hybridized carbons (Fsp3) is 0.286. The van der Waals surface area contributed by atoms with E-state index in [1.165, 1.54) is 28.8 Å². The summed E-state index contributed by atoms with van der Waals surface area (Å²) in [6.07, 6.45) is -7.79. The molecule has 176 valence electrons. The molecule has 2 aliphatic rings. The average Bonchev–Trinajstić information content (AvgIpc) is 3.44. The first-order valence-electron chi connectivity index (χ1n) is 10.2. The zero-order valence-electron chi connectivity index (χ0n) is 17.2. The number of aromatic nitrogens is 4. The van der Waals surface area contributed by atoms with Crippen molar-refractivity contribution >= 4 is 22.5 Å². The van der Waals surface area contributed by atoms with Crippen LogP contribution in [0.5, 0.6) is 11.5 Å². The molecule has 0 saturated heterocycles. The van der Waals surface area contributed by atoms with Crippen LogP contribution >= 0.6 is 0 Å². The maximum atomic E-state index is 13.5. The summed E-state index contributed by atoms with van der Waals surface area (Å²) in [5.74, 6) is -0.0252. The summed E-state index contributed by atoms with van der Waals surface area (Å²) in [6.45, 7) is 1.40. The van der Waals surface area contributed by atoms with Gasteiger partial charge in [0.2, 0.25) is 5.95 Å². The first-order chi connectivity index (χ1) is 16.1. The highest BCUT2D eigenvalue weighted by Gasteiger charge is 2.45. The molecule has 0 fully saturated rings. The fourth-order valence-corrected chi connectivity index (χ4v) is 4.30. The van der Waals surface area contributed by atoms with Gasteiger partial charge in [0.1, 0.15) is 5.52 Å². The molecule has 0 aliphatic carbocycles. The summed E-state index contributed by atoms with van der Waals surface area (Å²) in [6, 6.07) is 6.64. The molecule has 2 aromatic heterocycles. The molecule has 34 heavy (non-hydrogen) atoms. The van der Waals surface area contributed by atoms with Crippen LogP contribution in [0, 0.1) is 0 Å². The molecule has 0 spiro atoms. The van der Waals surface area contributed by atoms with Crippen molar-refractivity contribution < 1.29 is 31.4 Å². The molecule has 2 aromatic carbocycles. The Morgan fingerprint density at radius 2 is 1.82 bits per heavy atom.